The molecule has 0 bridgehead atoms. The van der Waals surface area contributed by atoms with Crippen molar-refractivity contribution in [3.05, 3.63) is 23.3 Å². The van der Waals surface area contributed by atoms with Crippen molar-refractivity contribution < 1.29 is 24.2 Å². The van der Waals surface area contributed by atoms with Gasteiger partial charge in [-0.15, -0.1) is 0 Å². The van der Waals surface area contributed by atoms with Crippen LogP contribution in [0.15, 0.2) is 23.3 Å². The zero-order valence-corrected chi connectivity index (χ0v) is 14.4. The molecule has 1 N–H and O–H groups in total. The Morgan fingerprint density at radius 2 is 1.55 bits per heavy atom. The van der Waals surface area contributed by atoms with Gasteiger partial charge in [0.25, 0.3) is 0 Å². The molecule has 0 radical (unpaired) electrons. The number of hydrogen-bond donors (Lipinski definition) is 1. The molecule has 5 nitrogen and oxygen atoms in total. The number of aliphatic hydroxyl groups excluding tert-OH is 1. The van der Waals surface area contributed by atoms with Crippen LogP contribution in [-0.4, -0.2) is 36.4 Å². The van der Waals surface area contributed by atoms with Crippen molar-refractivity contribution in [2.24, 2.45) is 11.8 Å². The Morgan fingerprint density at radius 3 is 1.95 bits per heavy atom. The zero-order valence-electron chi connectivity index (χ0n) is 14.4. The number of esters is 2. The molecule has 0 aliphatic carbocycles. The molecule has 0 aliphatic heterocycles. The van der Waals surface area contributed by atoms with Gasteiger partial charge in [0, 0.05) is 12.2 Å². The maximum Gasteiger partial charge on any atom is 0.331 e. The van der Waals surface area contributed by atoms with Gasteiger partial charge >= 0.3 is 11.9 Å². The molecule has 0 aromatic rings. The number of carbonyl (C=O) groups is 2. The summed E-state index contributed by atoms with van der Waals surface area (Å²) in [5.41, 5.74) is 1.78. The highest BCUT2D eigenvalue weighted by Gasteiger charge is 2.16. The molecular weight excluding hydrogens is 284 g/mol. The average molecular weight is 312 g/mol. The lowest BCUT2D eigenvalue weighted by Crippen LogP contribution is -2.28. The minimum absolute atomic E-state index is 0.169. The van der Waals surface area contributed by atoms with Crippen LogP contribution in [0.2, 0.25) is 0 Å². The lowest BCUT2D eigenvalue weighted by atomic mass is 9.92. The van der Waals surface area contributed by atoms with Crippen LogP contribution in [0.1, 0.15) is 41.5 Å². The van der Waals surface area contributed by atoms with Crippen molar-refractivity contribution >= 4 is 11.9 Å². The average Bonchev–Trinajstić information content (AvgIpc) is 2.39. The van der Waals surface area contributed by atoms with Gasteiger partial charge in [-0.3, -0.25) is 0 Å². The summed E-state index contributed by atoms with van der Waals surface area (Å²) in [6.07, 6.45) is 1.93. The molecule has 0 saturated heterocycles. The fraction of sp³-hybridized carbons (Fsp3) is 0.647. The molecule has 1 atom stereocenters. The first-order valence-electron chi connectivity index (χ1n) is 7.52. The van der Waals surface area contributed by atoms with E-state index in [-0.39, 0.29) is 18.4 Å². The third-order valence-electron chi connectivity index (χ3n) is 2.92. The highest BCUT2D eigenvalue weighted by Crippen LogP contribution is 2.19. The number of aliphatic hydroxyl groups is 1. The minimum atomic E-state index is -0.862. The Morgan fingerprint density at radius 1 is 1.00 bits per heavy atom. The monoisotopic (exact) mass is 312 g/mol. The lowest BCUT2D eigenvalue weighted by Gasteiger charge is -2.17. The van der Waals surface area contributed by atoms with Crippen molar-refractivity contribution in [2.75, 3.05) is 13.2 Å². The quantitative estimate of drug-likeness (QED) is 0.551. The smallest absolute Gasteiger partial charge is 0.331 e. The fourth-order valence-corrected chi connectivity index (χ4v) is 1.91. The van der Waals surface area contributed by atoms with E-state index in [1.165, 1.54) is 12.2 Å². The van der Waals surface area contributed by atoms with E-state index < -0.39 is 24.6 Å². The van der Waals surface area contributed by atoms with Gasteiger partial charge in [-0.25, -0.2) is 9.59 Å². The van der Waals surface area contributed by atoms with Crippen molar-refractivity contribution in [1.82, 2.24) is 0 Å². The molecule has 0 aromatic carbocycles. The van der Waals surface area contributed by atoms with Gasteiger partial charge in [-0.05, 0) is 25.7 Å². The lowest BCUT2D eigenvalue weighted by molar-refractivity contribution is -0.155. The Bertz CT molecular complexity index is 418. The third kappa shape index (κ3) is 8.62. The van der Waals surface area contributed by atoms with E-state index in [2.05, 4.69) is 0 Å². The Balaban J connectivity index is 4.61. The first-order valence-corrected chi connectivity index (χ1v) is 7.52. The normalized spacial score (nSPS) is 11.9. The van der Waals surface area contributed by atoms with Gasteiger partial charge in [0.2, 0.25) is 0 Å². The van der Waals surface area contributed by atoms with E-state index in [0.29, 0.717) is 0 Å². The second-order valence-corrected chi connectivity index (χ2v) is 6.05. The Hall–Kier alpha value is -1.62. The number of hydrogen-bond acceptors (Lipinski definition) is 5. The summed E-state index contributed by atoms with van der Waals surface area (Å²) in [6.45, 7) is 11.0. The van der Waals surface area contributed by atoms with Crippen LogP contribution in [0, 0.1) is 11.8 Å². The molecule has 126 valence electrons. The molecule has 0 saturated carbocycles. The predicted octanol–water partition coefficient (Wildman–Crippen LogP) is 2.64. The molecule has 0 amide bonds. The van der Waals surface area contributed by atoms with Gasteiger partial charge < -0.3 is 14.6 Å². The van der Waals surface area contributed by atoms with Gasteiger partial charge in [0.05, 0.1) is 6.61 Å². The van der Waals surface area contributed by atoms with Crippen molar-refractivity contribution in [3.63, 3.8) is 0 Å². The standard InChI is InChI=1S/C17H28O5/c1-11(2)7-16(19)21-10-14(9-18)22-17(20)8-15(12(3)4)13(5)6/h7-8,12-14,18H,9-10H2,1-6H3/t14-/m0/s1. The van der Waals surface area contributed by atoms with Gasteiger partial charge in [-0.1, -0.05) is 38.8 Å². The summed E-state index contributed by atoms with van der Waals surface area (Å²) in [5.74, 6) is -0.587. The van der Waals surface area contributed by atoms with Crippen LogP contribution in [0.5, 0.6) is 0 Å². The van der Waals surface area contributed by atoms with E-state index in [0.717, 1.165) is 11.1 Å². The van der Waals surface area contributed by atoms with Gasteiger partial charge in [-0.2, -0.15) is 0 Å². The minimum Gasteiger partial charge on any atom is -0.458 e. The van der Waals surface area contributed by atoms with Crippen molar-refractivity contribution in [3.8, 4) is 0 Å². The maximum absolute atomic E-state index is 11.9. The number of carbonyl (C=O) groups excluding carboxylic acids is 2. The molecular formula is C17H28O5. The number of ether oxygens (including phenoxy) is 2. The SMILES string of the molecule is CC(C)=CC(=O)OC[C@H](CO)OC(=O)C=C(C(C)C)C(C)C. The van der Waals surface area contributed by atoms with E-state index in [4.69, 9.17) is 9.47 Å². The molecule has 5 heteroatoms. The molecule has 0 rings (SSSR count). The predicted molar refractivity (Wildman–Crippen MR) is 85.1 cm³/mol. The number of rotatable bonds is 8. The molecule has 0 heterocycles. The first kappa shape index (κ1) is 20.4. The van der Waals surface area contributed by atoms with E-state index in [9.17, 15) is 14.7 Å². The number of allylic oxidation sites excluding steroid dienone is 2. The van der Waals surface area contributed by atoms with Crippen LogP contribution in [-0.2, 0) is 19.1 Å². The summed E-state index contributed by atoms with van der Waals surface area (Å²) in [5, 5.41) is 9.22. The topological polar surface area (TPSA) is 72.8 Å². The van der Waals surface area contributed by atoms with Crippen LogP contribution < -0.4 is 0 Å². The van der Waals surface area contributed by atoms with E-state index in [1.807, 2.05) is 27.7 Å². The van der Waals surface area contributed by atoms with E-state index >= 15 is 0 Å². The van der Waals surface area contributed by atoms with Crippen LogP contribution in [0.3, 0.4) is 0 Å². The largest absolute Gasteiger partial charge is 0.458 e. The second kappa shape index (κ2) is 10.2. The molecule has 0 aliphatic rings. The van der Waals surface area contributed by atoms with E-state index in [1.54, 1.807) is 13.8 Å². The van der Waals surface area contributed by atoms with Crippen LogP contribution in [0.4, 0.5) is 0 Å². The van der Waals surface area contributed by atoms with Crippen molar-refractivity contribution in [2.45, 2.75) is 47.6 Å². The van der Waals surface area contributed by atoms with Gasteiger partial charge in [0.15, 0.2) is 6.10 Å². The summed E-state index contributed by atoms with van der Waals surface area (Å²) in [4.78, 5) is 23.3. The molecule has 0 spiro atoms. The molecule has 0 fully saturated rings. The second-order valence-electron chi connectivity index (χ2n) is 6.05. The highest BCUT2D eigenvalue weighted by molar-refractivity contribution is 5.83. The highest BCUT2D eigenvalue weighted by atomic mass is 16.6. The fourth-order valence-electron chi connectivity index (χ4n) is 1.91. The first-order chi connectivity index (χ1) is 10.2. The molecule has 0 aromatic heterocycles. The molecule has 22 heavy (non-hydrogen) atoms. The molecule has 0 unspecified atom stereocenters. The van der Waals surface area contributed by atoms with Crippen molar-refractivity contribution in [1.29, 1.82) is 0 Å². The van der Waals surface area contributed by atoms with Crippen LogP contribution >= 0.6 is 0 Å². The van der Waals surface area contributed by atoms with Gasteiger partial charge in [0.1, 0.15) is 6.61 Å². The zero-order chi connectivity index (χ0) is 17.3. The summed E-state index contributed by atoms with van der Waals surface area (Å²) >= 11 is 0. The Kier molecular flexibility index (Phi) is 9.42. The van der Waals surface area contributed by atoms with Crippen LogP contribution in [0.25, 0.3) is 0 Å². The maximum atomic E-state index is 11.9. The third-order valence-corrected chi connectivity index (χ3v) is 2.92. The summed E-state index contributed by atoms with van der Waals surface area (Å²) in [7, 11) is 0. The summed E-state index contributed by atoms with van der Waals surface area (Å²) in [6, 6.07) is 0. The Labute approximate surface area is 133 Å². The summed E-state index contributed by atoms with van der Waals surface area (Å²) < 4.78 is 10.1.